The zero-order chi connectivity index (χ0) is 25.0. The number of rotatable bonds is 6. The molecule has 184 valence electrons. The molecule has 2 heterocycles. The van der Waals surface area contributed by atoms with Crippen LogP contribution in [0, 0.1) is 15.5 Å². The molecule has 1 aromatic carbocycles. The number of nitro groups is 1. The van der Waals surface area contributed by atoms with Crippen LogP contribution in [0.3, 0.4) is 0 Å². The molecule has 2 saturated heterocycles. The number of nitro benzene ring substituents is 1. The Bertz CT molecular complexity index is 971. The highest BCUT2D eigenvalue weighted by atomic mass is 32.2. The Morgan fingerprint density at radius 2 is 1.94 bits per heavy atom. The van der Waals surface area contributed by atoms with Crippen molar-refractivity contribution in [2.75, 3.05) is 33.7 Å². The number of likely N-dealkylation sites (N-methyl/N-ethyl adjacent to an activating group) is 2. The van der Waals surface area contributed by atoms with Crippen molar-refractivity contribution in [3.05, 3.63) is 39.9 Å². The lowest BCUT2D eigenvalue weighted by Crippen LogP contribution is -2.46. The Hall–Kier alpha value is -2.99. The van der Waals surface area contributed by atoms with Gasteiger partial charge in [-0.15, -0.1) is 0 Å². The average Bonchev–Trinajstić information content (AvgIpc) is 3.42. The Morgan fingerprint density at radius 3 is 2.56 bits per heavy atom. The van der Waals surface area contributed by atoms with E-state index in [0.29, 0.717) is 38.0 Å². The summed E-state index contributed by atoms with van der Waals surface area (Å²) in [5.41, 5.74) is 0.522. The van der Waals surface area contributed by atoms with Crippen LogP contribution in [-0.4, -0.2) is 93.5 Å². The summed E-state index contributed by atoms with van der Waals surface area (Å²) in [5.74, 6) is -1.10. The number of non-ortho nitro benzene ring substituents is 1. The Kier molecular flexibility index (Phi) is 8.26. The van der Waals surface area contributed by atoms with Crippen LogP contribution in [0.1, 0.15) is 25.3 Å². The molecule has 11 nitrogen and oxygen atoms in total. The normalized spacial score (nSPS) is 22.4. The van der Waals surface area contributed by atoms with Gasteiger partial charge in [0.05, 0.1) is 11.0 Å². The molecule has 12 heteroatoms. The van der Waals surface area contributed by atoms with Crippen molar-refractivity contribution in [2.24, 2.45) is 0 Å². The number of amides is 1. The fourth-order valence-electron chi connectivity index (χ4n) is 4.29. The van der Waals surface area contributed by atoms with Gasteiger partial charge in [-0.3, -0.25) is 30.0 Å². The molecule has 1 aromatic rings. The van der Waals surface area contributed by atoms with Crippen molar-refractivity contribution in [3.8, 4) is 0 Å². The summed E-state index contributed by atoms with van der Waals surface area (Å²) in [4.78, 5) is 52.3. The van der Waals surface area contributed by atoms with E-state index in [0.717, 1.165) is 0 Å². The fraction of sp³-hybridized carbons (Fsp3) is 0.545. The summed E-state index contributed by atoms with van der Waals surface area (Å²) in [6.07, 6.45) is 1.25. The summed E-state index contributed by atoms with van der Waals surface area (Å²) in [6, 6.07) is 5.20. The minimum atomic E-state index is -0.801. The van der Waals surface area contributed by atoms with Crippen molar-refractivity contribution >= 4 is 40.3 Å². The average molecular weight is 492 g/mol. The van der Waals surface area contributed by atoms with Gasteiger partial charge in [-0.05, 0) is 37.6 Å². The monoisotopic (exact) mass is 491 g/mol. The molecule has 0 aliphatic carbocycles. The first-order chi connectivity index (χ1) is 16.1. The van der Waals surface area contributed by atoms with Crippen LogP contribution >= 0.6 is 11.8 Å². The largest absolute Gasteiger partial charge is 0.455 e. The van der Waals surface area contributed by atoms with E-state index in [1.165, 1.54) is 47.9 Å². The van der Waals surface area contributed by atoms with E-state index in [9.17, 15) is 24.5 Å². The van der Waals surface area contributed by atoms with E-state index >= 15 is 0 Å². The van der Waals surface area contributed by atoms with Gasteiger partial charge in [0.1, 0.15) is 6.61 Å². The van der Waals surface area contributed by atoms with E-state index in [1.54, 1.807) is 11.9 Å². The second kappa shape index (κ2) is 11.0. The third-order valence-electron chi connectivity index (χ3n) is 6.21. The molecular weight excluding hydrogens is 462 g/mol. The Morgan fingerprint density at radius 1 is 1.26 bits per heavy atom. The number of esters is 1. The van der Waals surface area contributed by atoms with Gasteiger partial charge in [0, 0.05) is 57.0 Å². The first kappa shape index (κ1) is 25.6. The molecule has 0 aromatic heterocycles. The van der Waals surface area contributed by atoms with Gasteiger partial charge in [0.2, 0.25) is 11.7 Å². The van der Waals surface area contributed by atoms with Crippen LogP contribution in [0.15, 0.2) is 24.3 Å². The Balaban J connectivity index is 1.49. The maximum absolute atomic E-state index is 13.1. The van der Waals surface area contributed by atoms with Crippen LogP contribution < -0.4 is 0 Å². The number of thioether (sulfide) groups is 1. The van der Waals surface area contributed by atoms with Gasteiger partial charge >= 0.3 is 5.97 Å². The van der Waals surface area contributed by atoms with Crippen molar-refractivity contribution in [1.29, 1.82) is 5.41 Å². The standard InChI is InChI=1S/C22H29N5O6S/c1-14(28)34-18-10-19(24(2)12-18)21(29)26-9-8-17(11-26)25(3)20(23)22(30)33-13-15-4-6-16(7-5-15)27(31)32/h4-7,17-19,23H,8-13H2,1-3H3/t17-,18-,19-/m0/s1. The summed E-state index contributed by atoms with van der Waals surface area (Å²) >= 11 is 1.28. The lowest BCUT2D eigenvalue weighted by molar-refractivity contribution is -0.384. The molecule has 2 aliphatic rings. The molecule has 3 rings (SSSR count). The summed E-state index contributed by atoms with van der Waals surface area (Å²) < 4.78 is 5.19. The predicted octanol–water partition coefficient (Wildman–Crippen LogP) is 1.50. The molecule has 0 unspecified atom stereocenters. The van der Waals surface area contributed by atoms with Crippen molar-refractivity contribution in [3.63, 3.8) is 0 Å². The predicted molar refractivity (Wildman–Crippen MR) is 126 cm³/mol. The second-order valence-electron chi connectivity index (χ2n) is 8.61. The van der Waals surface area contributed by atoms with Crippen molar-refractivity contribution in [2.45, 2.75) is 43.7 Å². The third-order valence-corrected chi connectivity index (χ3v) is 7.22. The van der Waals surface area contributed by atoms with Crippen LogP contribution in [0.25, 0.3) is 0 Å². The molecule has 0 spiro atoms. The smallest absolute Gasteiger partial charge is 0.373 e. The molecule has 0 saturated carbocycles. The summed E-state index contributed by atoms with van der Waals surface area (Å²) in [7, 11) is 3.52. The molecule has 0 bridgehead atoms. The van der Waals surface area contributed by atoms with Crippen LogP contribution in [0.2, 0.25) is 0 Å². The summed E-state index contributed by atoms with van der Waals surface area (Å²) in [6.45, 7) is 3.06. The number of carbonyl (C=O) groups is 3. The van der Waals surface area contributed by atoms with Gasteiger partial charge < -0.3 is 14.5 Å². The zero-order valence-corrected chi connectivity index (χ0v) is 20.2. The van der Waals surface area contributed by atoms with Gasteiger partial charge in [0.25, 0.3) is 5.69 Å². The van der Waals surface area contributed by atoms with E-state index in [2.05, 4.69) is 0 Å². The van der Waals surface area contributed by atoms with Crippen molar-refractivity contribution < 1.29 is 24.0 Å². The topological polar surface area (TPSA) is 137 Å². The first-order valence-electron chi connectivity index (χ1n) is 10.9. The van der Waals surface area contributed by atoms with Gasteiger partial charge in [-0.2, -0.15) is 0 Å². The lowest BCUT2D eigenvalue weighted by atomic mass is 10.2. The summed E-state index contributed by atoms with van der Waals surface area (Å²) in [5, 5.41) is 19.1. The third kappa shape index (κ3) is 6.11. The molecule has 0 radical (unpaired) electrons. The van der Waals surface area contributed by atoms with Crippen LogP contribution in [0.4, 0.5) is 5.69 Å². The van der Waals surface area contributed by atoms with E-state index in [4.69, 9.17) is 10.1 Å². The number of nitrogens with zero attached hydrogens (tertiary/aromatic N) is 4. The molecule has 34 heavy (non-hydrogen) atoms. The van der Waals surface area contributed by atoms with Gasteiger partial charge in [-0.25, -0.2) is 4.79 Å². The number of likely N-dealkylation sites (tertiary alicyclic amines) is 2. The van der Waals surface area contributed by atoms with E-state index in [1.807, 2.05) is 11.9 Å². The molecule has 2 aliphatic heterocycles. The number of benzene rings is 1. The Labute approximate surface area is 202 Å². The van der Waals surface area contributed by atoms with E-state index in [-0.39, 0.29) is 46.5 Å². The maximum atomic E-state index is 13.1. The quantitative estimate of drug-likeness (QED) is 0.206. The number of hydrogen-bond donors (Lipinski definition) is 1. The molecule has 1 amide bonds. The SMILES string of the molecule is CC(=O)S[C@H]1C[C@@H](C(=O)N2CC[C@H](N(C)C(=N)C(=O)OCc3ccc([N+](=O)[O-])cc3)C2)N(C)C1. The molecule has 3 atom stereocenters. The highest BCUT2D eigenvalue weighted by Crippen LogP contribution is 2.29. The highest BCUT2D eigenvalue weighted by molar-refractivity contribution is 8.14. The van der Waals surface area contributed by atoms with Crippen LogP contribution in [-0.2, 0) is 25.7 Å². The lowest BCUT2D eigenvalue weighted by Gasteiger charge is -2.28. The molecule has 1 N–H and O–H groups in total. The van der Waals surface area contributed by atoms with Gasteiger partial charge in [-0.1, -0.05) is 11.8 Å². The second-order valence-corrected chi connectivity index (χ2v) is 10.1. The van der Waals surface area contributed by atoms with Crippen LogP contribution in [0.5, 0.6) is 0 Å². The minimum Gasteiger partial charge on any atom is -0.455 e. The number of amidine groups is 1. The molecule has 2 fully saturated rings. The van der Waals surface area contributed by atoms with E-state index < -0.39 is 10.9 Å². The highest BCUT2D eigenvalue weighted by Gasteiger charge is 2.40. The minimum absolute atomic E-state index is 0.0114. The number of ether oxygens (including phenoxy) is 1. The zero-order valence-electron chi connectivity index (χ0n) is 19.4. The number of hydrogen-bond acceptors (Lipinski definition) is 9. The molecular formula is C22H29N5O6S. The van der Waals surface area contributed by atoms with Crippen molar-refractivity contribution in [1.82, 2.24) is 14.7 Å². The maximum Gasteiger partial charge on any atom is 0.373 e. The number of nitrogens with one attached hydrogen (secondary N) is 1. The number of carbonyl (C=O) groups excluding carboxylic acids is 3. The fourth-order valence-corrected chi connectivity index (χ4v) is 5.35. The first-order valence-corrected chi connectivity index (χ1v) is 11.8. The van der Waals surface area contributed by atoms with Gasteiger partial charge in [0.15, 0.2) is 5.12 Å².